The SMILES string of the molecule is COc1ccc(CCC(=O)N2CCC(C(N)=O)CC2)cc1F. The number of carbonyl (C=O) groups is 2. The van der Waals surface area contributed by atoms with Gasteiger partial charge >= 0.3 is 0 Å². The van der Waals surface area contributed by atoms with Crippen LogP contribution in [0.4, 0.5) is 4.39 Å². The number of carbonyl (C=O) groups excluding carboxylic acids is 2. The lowest BCUT2D eigenvalue weighted by atomic mass is 9.96. The van der Waals surface area contributed by atoms with Crippen LogP contribution in [0.3, 0.4) is 0 Å². The number of hydrogen-bond donors (Lipinski definition) is 1. The predicted molar refractivity (Wildman–Crippen MR) is 79.8 cm³/mol. The normalized spacial score (nSPS) is 15.6. The van der Waals surface area contributed by atoms with Crippen LogP contribution >= 0.6 is 0 Å². The Morgan fingerprint density at radius 1 is 1.36 bits per heavy atom. The van der Waals surface area contributed by atoms with E-state index in [4.69, 9.17) is 10.5 Å². The van der Waals surface area contributed by atoms with Crippen LogP contribution < -0.4 is 10.5 Å². The van der Waals surface area contributed by atoms with Crippen molar-refractivity contribution < 1.29 is 18.7 Å². The summed E-state index contributed by atoms with van der Waals surface area (Å²) < 4.78 is 18.4. The van der Waals surface area contributed by atoms with Crippen LogP contribution in [0.5, 0.6) is 5.75 Å². The number of rotatable bonds is 5. The first-order valence-electron chi connectivity index (χ1n) is 7.40. The van der Waals surface area contributed by atoms with Crippen molar-refractivity contribution in [2.45, 2.75) is 25.7 Å². The molecule has 1 heterocycles. The molecule has 1 fully saturated rings. The molecule has 0 atom stereocenters. The van der Waals surface area contributed by atoms with Crippen LogP contribution in [0.15, 0.2) is 18.2 Å². The van der Waals surface area contributed by atoms with E-state index in [2.05, 4.69) is 0 Å². The van der Waals surface area contributed by atoms with Gasteiger partial charge in [0.25, 0.3) is 0 Å². The van der Waals surface area contributed by atoms with Crippen LogP contribution in [0.1, 0.15) is 24.8 Å². The molecule has 0 unspecified atom stereocenters. The van der Waals surface area contributed by atoms with Crippen LogP contribution in [-0.2, 0) is 16.0 Å². The Bertz CT molecular complexity index is 554. The molecular formula is C16H21FN2O3. The summed E-state index contributed by atoms with van der Waals surface area (Å²) in [6, 6.07) is 4.72. The van der Waals surface area contributed by atoms with E-state index in [1.165, 1.54) is 13.2 Å². The van der Waals surface area contributed by atoms with Gasteiger partial charge in [0.05, 0.1) is 7.11 Å². The van der Waals surface area contributed by atoms with Crippen LogP contribution in [0.25, 0.3) is 0 Å². The number of aryl methyl sites for hydroxylation is 1. The largest absolute Gasteiger partial charge is 0.494 e. The first-order valence-corrected chi connectivity index (χ1v) is 7.40. The molecule has 120 valence electrons. The topological polar surface area (TPSA) is 72.6 Å². The van der Waals surface area contributed by atoms with Crippen molar-refractivity contribution in [1.29, 1.82) is 0 Å². The van der Waals surface area contributed by atoms with Gasteiger partial charge in [0.15, 0.2) is 11.6 Å². The number of likely N-dealkylation sites (tertiary alicyclic amines) is 1. The molecular weight excluding hydrogens is 287 g/mol. The molecule has 22 heavy (non-hydrogen) atoms. The van der Waals surface area contributed by atoms with E-state index in [1.807, 2.05) is 0 Å². The summed E-state index contributed by atoms with van der Waals surface area (Å²) in [5.41, 5.74) is 6.04. The minimum atomic E-state index is -0.422. The van der Waals surface area contributed by atoms with E-state index in [9.17, 15) is 14.0 Å². The summed E-state index contributed by atoms with van der Waals surface area (Å²) in [5, 5.41) is 0. The lowest BCUT2D eigenvalue weighted by Crippen LogP contribution is -2.41. The number of amides is 2. The number of benzene rings is 1. The van der Waals surface area contributed by atoms with Crippen molar-refractivity contribution in [2.75, 3.05) is 20.2 Å². The molecule has 0 radical (unpaired) electrons. The van der Waals surface area contributed by atoms with Gasteiger partial charge in [-0.25, -0.2) is 4.39 Å². The molecule has 2 amide bonds. The van der Waals surface area contributed by atoms with E-state index in [0.29, 0.717) is 38.8 Å². The molecule has 2 rings (SSSR count). The maximum absolute atomic E-state index is 13.6. The first kappa shape index (κ1) is 16.3. The van der Waals surface area contributed by atoms with E-state index >= 15 is 0 Å². The molecule has 2 N–H and O–H groups in total. The average Bonchev–Trinajstić information content (AvgIpc) is 2.52. The zero-order chi connectivity index (χ0) is 16.1. The highest BCUT2D eigenvalue weighted by Crippen LogP contribution is 2.20. The molecule has 1 aliphatic heterocycles. The van der Waals surface area contributed by atoms with Gasteiger partial charge in [0.2, 0.25) is 11.8 Å². The number of primary amides is 1. The lowest BCUT2D eigenvalue weighted by molar-refractivity contribution is -0.134. The number of halogens is 1. The third-order valence-corrected chi connectivity index (χ3v) is 4.09. The number of methoxy groups -OCH3 is 1. The van der Waals surface area contributed by atoms with Gasteiger partial charge in [-0.05, 0) is 37.0 Å². The smallest absolute Gasteiger partial charge is 0.222 e. The fourth-order valence-corrected chi connectivity index (χ4v) is 2.69. The molecule has 0 spiro atoms. The number of nitrogens with two attached hydrogens (primary N) is 1. The zero-order valence-corrected chi connectivity index (χ0v) is 12.7. The van der Waals surface area contributed by atoms with Crippen molar-refractivity contribution in [3.8, 4) is 5.75 Å². The number of piperidine rings is 1. The van der Waals surface area contributed by atoms with Gasteiger partial charge in [-0.1, -0.05) is 6.07 Å². The van der Waals surface area contributed by atoms with E-state index in [1.54, 1.807) is 17.0 Å². The molecule has 5 nitrogen and oxygen atoms in total. The molecule has 0 saturated carbocycles. The molecule has 0 aliphatic carbocycles. The van der Waals surface area contributed by atoms with Gasteiger partial charge in [0.1, 0.15) is 0 Å². The Morgan fingerprint density at radius 3 is 2.59 bits per heavy atom. The van der Waals surface area contributed by atoms with Gasteiger partial charge in [-0.15, -0.1) is 0 Å². The fourth-order valence-electron chi connectivity index (χ4n) is 2.69. The van der Waals surface area contributed by atoms with Crippen LogP contribution in [0.2, 0.25) is 0 Å². The van der Waals surface area contributed by atoms with Crippen LogP contribution in [-0.4, -0.2) is 36.9 Å². The van der Waals surface area contributed by atoms with Crippen molar-refractivity contribution in [1.82, 2.24) is 4.90 Å². The van der Waals surface area contributed by atoms with Crippen molar-refractivity contribution in [3.05, 3.63) is 29.6 Å². The van der Waals surface area contributed by atoms with E-state index in [-0.39, 0.29) is 23.5 Å². The standard InChI is InChI=1S/C16H21FN2O3/c1-22-14-4-2-11(10-13(14)17)3-5-15(20)19-8-6-12(7-9-19)16(18)21/h2,4,10,12H,3,5-9H2,1H3,(H2,18,21). The maximum Gasteiger partial charge on any atom is 0.222 e. The minimum Gasteiger partial charge on any atom is -0.494 e. The number of ether oxygens (including phenoxy) is 1. The fraction of sp³-hybridized carbons (Fsp3) is 0.500. The highest BCUT2D eigenvalue weighted by Gasteiger charge is 2.25. The number of hydrogen-bond acceptors (Lipinski definition) is 3. The third kappa shape index (κ3) is 3.96. The highest BCUT2D eigenvalue weighted by atomic mass is 19.1. The zero-order valence-electron chi connectivity index (χ0n) is 12.7. The summed E-state index contributed by atoms with van der Waals surface area (Å²) in [6.07, 6.45) is 2.05. The van der Waals surface area contributed by atoms with Crippen molar-refractivity contribution in [2.24, 2.45) is 11.7 Å². The van der Waals surface area contributed by atoms with Crippen LogP contribution in [0, 0.1) is 11.7 Å². The Morgan fingerprint density at radius 2 is 2.05 bits per heavy atom. The van der Waals surface area contributed by atoms with E-state index in [0.717, 1.165) is 5.56 Å². The van der Waals surface area contributed by atoms with Crippen molar-refractivity contribution in [3.63, 3.8) is 0 Å². The second-order valence-electron chi connectivity index (χ2n) is 5.53. The monoisotopic (exact) mass is 308 g/mol. The Balaban J connectivity index is 1.83. The molecule has 0 bridgehead atoms. The average molecular weight is 308 g/mol. The minimum absolute atomic E-state index is 0.0270. The molecule has 1 aromatic rings. The summed E-state index contributed by atoms with van der Waals surface area (Å²) in [5.74, 6) is -0.613. The van der Waals surface area contributed by atoms with Gasteiger partial charge < -0.3 is 15.4 Å². The highest BCUT2D eigenvalue weighted by molar-refractivity contribution is 5.79. The summed E-state index contributed by atoms with van der Waals surface area (Å²) in [6.45, 7) is 1.12. The predicted octanol–water partition coefficient (Wildman–Crippen LogP) is 1.49. The third-order valence-electron chi connectivity index (χ3n) is 4.09. The number of nitrogens with zero attached hydrogens (tertiary/aromatic N) is 1. The molecule has 1 saturated heterocycles. The molecule has 1 aromatic carbocycles. The molecule has 6 heteroatoms. The van der Waals surface area contributed by atoms with Crippen molar-refractivity contribution >= 4 is 11.8 Å². The first-order chi connectivity index (χ1) is 10.5. The van der Waals surface area contributed by atoms with Gasteiger partial charge in [-0.2, -0.15) is 0 Å². The quantitative estimate of drug-likeness (QED) is 0.895. The molecule has 1 aliphatic rings. The Kier molecular flexibility index (Phi) is 5.35. The second-order valence-corrected chi connectivity index (χ2v) is 5.53. The maximum atomic E-state index is 13.6. The molecule has 0 aromatic heterocycles. The second kappa shape index (κ2) is 7.24. The summed E-state index contributed by atoms with van der Waals surface area (Å²) in [7, 11) is 1.41. The summed E-state index contributed by atoms with van der Waals surface area (Å²) in [4.78, 5) is 25.0. The summed E-state index contributed by atoms with van der Waals surface area (Å²) >= 11 is 0. The Hall–Kier alpha value is -2.11. The van der Waals surface area contributed by atoms with E-state index < -0.39 is 5.82 Å². The van der Waals surface area contributed by atoms with Gasteiger partial charge in [0, 0.05) is 25.4 Å². The Labute approximate surface area is 129 Å². The van der Waals surface area contributed by atoms with Gasteiger partial charge in [-0.3, -0.25) is 9.59 Å². The lowest BCUT2D eigenvalue weighted by Gasteiger charge is -2.30.